The number of nitrogens with zero attached hydrogens (tertiary/aromatic N) is 1. The zero-order valence-electron chi connectivity index (χ0n) is 16.1. The van der Waals surface area contributed by atoms with Gasteiger partial charge in [0.1, 0.15) is 16.7 Å². The van der Waals surface area contributed by atoms with Gasteiger partial charge in [-0.1, -0.05) is 26.2 Å². The predicted molar refractivity (Wildman–Crippen MR) is 113 cm³/mol. The number of hydrogen-bond acceptors (Lipinski definition) is 3. The summed E-state index contributed by atoms with van der Waals surface area (Å²) in [6.07, 6.45) is 4.71. The maximum Gasteiger partial charge on any atom is 0.321 e. The molecule has 0 spiro atoms. The highest BCUT2D eigenvalue weighted by Crippen LogP contribution is 2.21. The van der Waals surface area contributed by atoms with Crippen LogP contribution in [-0.2, 0) is 11.0 Å². The molecule has 2 aromatic carbocycles. The van der Waals surface area contributed by atoms with E-state index in [9.17, 15) is 9.00 Å². The molecule has 0 saturated carbocycles. The molecule has 150 valence electrons. The lowest BCUT2D eigenvalue weighted by Crippen LogP contribution is -2.27. The van der Waals surface area contributed by atoms with Crippen LogP contribution in [0.4, 0.5) is 16.2 Å². The molecule has 3 rings (SSSR count). The molecule has 1 heterocycles. The van der Waals surface area contributed by atoms with E-state index in [1.54, 1.807) is 17.0 Å². The van der Waals surface area contributed by atoms with Crippen LogP contribution in [0.15, 0.2) is 53.4 Å². The maximum atomic E-state index is 12.5. The molecule has 2 aromatic rings. The lowest BCUT2D eigenvalue weighted by Gasteiger charge is -2.14. The normalized spacial score (nSPS) is 14.6. The molecule has 1 atom stereocenters. The molecule has 1 aliphatic heterocycles. The number of urea groups is 1. The van der Waals surface area contributed by atoms with Gasteiger partial charge < -0.3 is 14.8 Å². The first kappa shape index (κ1) is 20.2. The number of carbonyl (C=O) groups is 1. The molecule has 0 bridgehead atoms. The molecule has 28 heavy (non-hydrogen) atoms. The highest BCUT2D eigenvalue weighted by atomic mass is 32.2. The average molecular weight is 402 g/mol. The van der Waals surface area contributed by atoms with Gasteiger partial charge in [-0.3, -0.25) is 4.90 Å². The van der Waals surface area contributed by atoms with E-state index in [1.165, 1.54) is 19.3 Å². The third-order valence-electron chi connectivity index (χ3n) is 4.55. The number of unbranched alkanes of at least 4 members (excludes halogenated alkanes) is 3. The fraction of sp³-hybridized carbons (Fsp3) is 0.381. The summed E-state index contributed by atoms with van der Waals surface area (Å²) in [4.78, 5) is 14.0. The van der Waals surface area contributed by atoms with Gasteiger partial charge in [0.25, 0.3) is 0 Å². The second kappa shape index (κ2) is 10.1. The predicted octanol–water partition coefficient (Wildman–Crippen LogP) is 4.31. The third-order valence-corrected chi connectivity index (χ3v) is 5.67. The number of nitrogens with one attached hydrogen (secondary N) is 2. The minimum atomic E-state index is -1.38. The van der Waals surface area contributed by atoms with Crippen LogP contribution >= 0.6 is 0 Å². The number of hydrogen-bond donors (Lipinski definition) is 2. The standard InChI is InChI=1S/C21H27N3O3S/c1-2-3-4-5-16-27-19-10-6-17(7-11-19)23-28(26)20-12-8-18(9-13-20)24-15-14-22-21(24)25/h6-13,23H,2-5,14-16H2,1H3,(H,22,25). The Labute approximate surface area is 168 Å². The zero-order valence-corrected chi connectivity index (χ0v) is 17.0. The molecule has 2 amide bonds. The number of anilines is 2. The lowest BCUT2D eigenvalue weighted by molar-refractivity contribution is 0.252. The highest BCUT2D eigenvalue weighted by molar-refractivity contribution is 7.86. The van der Waals surface area contributed by atoms with Crippen molar-refractivity contribution in [1.29, 1.82) is 0 Å². The maximum absolute atomic E-state index is 12.5. The van der Waals surface area contributed by atoms with Gasteiger partial charge in [-0.25, -0.2) is 9.00 Å². The smallest absolute Gasteiger partial charge is 0.321 e. The Bertz CT molecular complexity index is 794. The van der Waals surface area contributed by atoms with Crippen molar-refractivity contribution in [3.8, 4) is 5.75 Å². The molecule has 2 N–H and O–H groups in total. The van der Waals surface area contributed by atoms with Gasteiger partial charge in [0, 0.05) is 24.5 Å². The summed E-state index contributed by atoms with van der Waals surface area (Å²) >= 11 is 0. The van der Waals surface area contributed by atoms with Crippen LogP contribution < -0.4 is 19.7 Å². The molecule has 1 saturated heterocycles. The second-order valence-corrected chi connectivity index (χ2v) is 7.89. The molecule has 0 radical (unpaired) electrons. The molecule has 1 unspecified atom stereocenters. The van der Waals surface area contributed by atoms with Crippen LogP contribution in [0, 0.1) is 0 Å². The van der Waals surface area contributed by atoms with E-state index in [0.717, 1.165) is 30.2 Å². The van der Waals surface area contributed by atoms with Crippen molar-refractivity contribution in [2.45, 2.75) is 37.5 Å². The van der Waals surface area contributed by atoms with Crippen LogP contribution in [0.2, 0.25) is 0 Å². The fourth-order valence-electron chi connectivity index (χ4n) is 2.97. The van der Waals surface area contributed by atoms with E-state index in [-0.39, 0.29) is 6.03 Å². The number of ether oxygens (including phenoxy) is 1. The number of benzene rings is 2. The monoisotopic (exact) mass is 401 g/mol. The third kappa shape index (κ3) is 5.48. The minimum Gasteiger partial charge on any atom is -0.494 e. The molecule has 1 fully saturated rings. The summed E-state index contributed by atoms with van der Waals surface area (Å²) in [6, 6.07) is 14.6. The van der Waals surface area contributed by atoms with Crippen molar-refractivity contribution in [3.05, 3.63) is 48.5 Å². The van der Waals surface area contributed by atoms with Gasteiger partial charge in [0.05, 0.1) is 11.5 Å². The Balaban J connectivity index is 1.50. The Morgan fingerprint density at radius 3 is 2.46 bits per heavy atom. The van der Waals surface area contributed by atoms with Crippen molar-refractivity contribution >= 4 is 28.4 Å². The highest BCUT2D eigenvalue weighted by Gasteiger charge is 2.21. The van der Waals surface area contributed by atoms with E-state index in [2.05, 4.69) is 17.0 Å². The van der Waals surface area contributed by atoms with Gasteiger partial charge in [0.2, 0.25) is 0 Å². The number of carbonyl (C=O) groups excluding carboxylic acids is 1. The quantitative estimate of drug-likeness (QED) is 0.583. The van der Waals surface area contributed by atoms with E-state index in [4.69, 9.17) is 4.74 Å². The van der Waals surface area contributed by atoms with E-state index in [0.29, 0.717) is 18.0 Å². The van der Waals surface area contributed by atoms with Crippen LogP contribution in [0.5, 0.6) is 5.75 Å². The topological polar surface area (TPSA) is 70.7 Å². The van der Waals surface area contributed by atoms with E-state index < -0.39 is 11.0 Å². The Morgan fingerprint density at radius 1 is 1.07 bits per heavy atom. The zero-order chi connectivity index (χ0) is 19.8. The fourth-order valence-corrected chi connectivity index (χ4v) is 3.82. The number of amides is 2. The Kier molecular flexibility index (Phi) is 7.31. The summed E-state index contributed by atoms with van der Waals surface area (Å²) in [7, 11) is -1.38. The van der Waals surface area contributed by atoms with E-state index in [1.807, 2.05) is 36.4 Å². The van der Waals surface area contributed by atoms with Crippen molar-refractivity contribution < 1.29 is 13.7 Å². The molecule has 6 nitrogen and oxygen atoms in total. The summed E-state index contributed by atoms with van der Waals surface area (Å²) < 4.78 is 21.3. The summed E-state index contributed by atoms with van der Waals surface area (Å²) in [6.45, 7) is 4.20. The Hall–Kier alpha value is -2.54. The van der Waals surface area contributed by atoms with Crippen LogP contribution in [0.1, 0.15) is 32.6 Å². The van der Waals surface area contributed by atoms with Gasteiger partial charge in [-0.05, 0) is 55.0 Å². The van der Waals surface area contributed by atoms with Gasteiger partial charge >= 0.3 is 6.03 Å². The summed E-state index contributed by atoms with van der Waals surface area (Å²) in [5.74, 6) is 0.820. The van der Waals surface area contributed by atoms with Crippen LogP contribution in [0.25, 0.3) is 0 Å². The SMILES string of the molecule is CCCCCCOc1ccc(NS(=O)c2ccc(N3CCNC3=O)cc2)cc1. The lowest BCUT2D eigenvalue weighted by atomic mass is 10.2. The Morgan fingerprint density at radius 2 is 1.82 bits per heavy atom. The van der Waals surface area contributed by atoms with Gasteiger partial charge in [0.15, 0.2) is 0 Å². The summed E-state index contributed by atoms with van der Waals surface area (Å²) in [5, 5.41) is 2.77. The molecule has 1 aliphatic rings. The first-order valence-electron chi connectivity index (χ1n) is 9.74. The number of rotatable bonds is 10. The largest absolute Gasteiger partial charge is 0.494 e. The van der Waals surface area contributed by atoms with Crippen molar-refractivity contribution in [3.63, 3.8) is 0 Å². The molecular formula is C21H27N3O3S. The summed E-state index contributed by atoms with van der Waals surface area (Å²) in [5.41, 5.74) is 1.57. The van der Waals surface area contributed by atoms with Crippen molar-refractivity contribution in [1.82, 2.24) is 5.32 Å². The first-order valence-corrected chi connectivity index (χ1v) is 10.9. The van der Waals surface area contributed by atoms with E-state index >= 15 is 0 Å². The van der Waals surface area contributed by atoms with Gasteiger partial charge in [-0.15, -0.1) is 0 Å². The minimum absolute atomic E-state index is 0.0975. The second-order valence-electron chi connectivity index (χ2n) is 6.68. The molecule has 0 aliphatic carbocycles. The van der Waals surface area contributed by atoms with Gasteiger partial charge in [-0.2, -0.15) is 0 Å². The van der Waals surface area contributed by atoms with Crippen LogP contribution in [-0.4, -0.2) is 29.9 Å². The molecular weight excluding hydrogens is 374 g/mol. The molecule has 7 heteroatoms. The van der Waals surface area contributed by atoms with Crippen molar-refractivity contribution in [2.75, 3.05) is 29.3 Å². The first-order chi connectivity index (χ1) is 13.7. The molecule has 0 aromatic heterocycles. The van der Waals surface area contributed by atoms with Crippen LogP contribution in [0.3, 0.4) is 0 Å². The average Bonchev–Trinajstić information content (AvgIpc) is 3.15. The van der Waals surface area contributed by atoms with Crippen molar-refractivity contribution in [2.24, 2.45) is 0 Å².